The van der Waals surface area contributed by atoms with Crippen molar-refractivity contribution in [2.45, 2.75) is 6.92 Å². The lowest BCUT2D eigenvalue weighted by atomic mass is 10.1. The third-order valence-electron chi connectivity index (χ3n) is 2.19. The maximum absolute atomic E-state index is 11.7. The second-order valence-corrected chi connectivity index (χ2v) is 3.81. The van der Waals surface area contributed by atoms with Crippen molar-refractivity contribution < 1.29 is 10.0 Å². The Labute approximate surface area is 90.3 Å². The van der Waals surface area contributed by atoms with E-state index in [9.17, 15) is 4.79 Å². The van der Waals surface area contributed by atoms with E-state index < -0.39 is 5.92 Å². The Morgan fingerprint density at radius 2 is 1.93 bits per heavy atom. The number of likely N-dealkylation sites (N-methyl/N-ethyl adjacent to an activating group) is 2. The van der Waals surface area contributed by atoms with Gasteiger partial charge in [-0.2, -0.15) is 0 Å². The molecule has 0 heterocycles. The van der Waals surface area contributed by atoms with E-state index in [-0.39, 0.29) is 11.7 Å². The predicted octanol–water partition coefficient (Wildman–Crippen LogP) is -0.611. The average Bonchev–Trinajstić information content (AvgIpc) is 2.22. The van der Waals surface area contributed by atoms with E-state index in [4.69, 9.17) is 10.9 Å². The topological polar surface area (TPSA) is 82.2 Å². The van der Waals surface area contributed by atoms with Gasteiger partial charge in [-0.15, -0.1) is 0 Å². The molecule has 0 aromatic heterocycles. The SMILES string of the molecule is CC(C(=O)N(C)CCN(C)C)C(N)=NO. The van der Waals surface area contributed by atoms with Gasteiger partial charge in [-0.05, 0) is 21.0 Å². The predicted molar refractivity (Wildman–Crippen MR) is 58.8 cm³/mol. The molecule has 0 bridgehead atoms. The monoisotopic (exact) mass is 216 g/mol. The van der Waals surface area contributed by atoms with Gasteiger partial charge in [-0.3, -0.25) is 4.79 Å². The molecule has 0 radical (unpaired) electrons. The van der Waals surface area contributed by atoms with Crippen LogP contribution in [0.1, 0.15) is 6.92 Å². The number of carbonyl (C=O) groups is 1. The van der Waals surface area contributed by atoms with E-state index in [1.807, 2.05) is 19.0 Å². The molecular formula is C9H20N4O2. The summed E-state index contributed by atoms with van der Waals surface area (Å²) in [6.45, 7) is 3.02. The first kappa shape index (κ1) is 13.7. The molecule has 6 nitrogen and oxygen atoms in total. The number of amidine groups is 1. The smallest absolute Gasteiger partial charge is 0.232 e. The lowest BCUT2D eigenvalue weighted by Gasteiger charge is -2.22. The molecule has 0 aliphatic carbocycles. The number of amides is 1. The largest absolute Gasteiger partial charge is 0.409 e. The number of nitrogens with zero attached hydrogens (tertiary/aromatic N) is 3. The standard InChI is InChI=1S/C9H20N4O2/c1-7(8(10)11-15)9(14)13(4)6-5-12(2)3/h7,15H,5-6H2,1-4H3,(H2,10,11). The number of nitrogens with two attached hydrogens (primary N) is 1. The summed E-state index contributed by atoms with van der Waals surface area (Å²) in [7, 11) is 5.57. The van der Waals surface area contributed by atoms with Crippen LogP contribution in [0.15, 0.2) is 5.16 Å². The van der Waals surface area contributed by atoms with E-state index >= 15 is 0 Å². The molecule has 88 valence electrons. The lowest BCUT2D eigenvalue weighted by Crippen LogP contribution is -2.41. The van der Waals surface area contributed by atoms with Crippen LogP contribution in [0.5, 0.6) is 0 Å². The van der Waals surface area contributed by atoms with Crippen molar-refractivity contribution in [3.8, 4) is 0 Å². The Balaban J connectivity index is 4.20. The van der Waals surface area contributed by atoms with Gasteiger partial charge < -0.3 is 20.7 Å². The minimum Gasteiger partial charge on any atom is -0.409 e. The van der Waals surface area contributed by atoms with E-state index in [0.29, 0.717) is 6.54 Å². The van der Waals surface area contributed by atoms with Crippen LogP contribution in [-0.4, -0.2) is 61.0 Å². The van der Waals surface area contributed by atoms with Gasteiger partial charge in [0.05, 0.1) is 5.92 Å². The Bertz CT molecular complexity index is 240. The molecule has 0 aromatic carbocycles. The van der Waals surface area contributed by atoms with E-state index in [0.717, 1.165) is 6.54 Å². The number of carbonyl (C=O) groups excluding carboxylic acids is 1. The van der Waals surface area contributed by atoms with Crippen molar-refractivity contribution in [1.82, 2.24) is 9.80 Å². The van der Waals surface area contributed by atoms with Crippen LogP contribution in [0.25, 0.3) is 0 Å². The molecule has 0 spiro atoms. The zero-order valence-corrected chi connectivity index (χ0v) is 9.77. The van der Waals surface area contributed by atoms with Crippen LogP contribution < -0.4 is 5.73 Å². The highest BCUT2D eigenvalue weighted by atomic mass is 16.4. The van der Waals surface area contributed by atoms with Crippen LogP contribution in [0.3, 0.4) is 0 Å². The van der Waals surface area contributed by atoms with Gasteiger partial charge in [-0.1, -0.05) is 5.16 Å². The van der Waals surface area contributed by atoms with Crippen molar-refractivity contribution in [2.75, 3.05) is 34.2 Å². The molecule has 0 aromatic rings. The summed E-state index contributed by atoms with van der Waals surface area (Å²) < 4.78 is 0. The fourth-order valence-electron chi connectivity index (χ4n) is 1.00. The number of rotatable bonds is 5. The number of hydrogen-bond donors (Lipinski definition) is 2. The summed E-state index contributed by atoms with van der Waals surface area (Å²) in [6, 6.07) is 0. The van der Waals surface area contributed by atoms with Crippen molar-refractivity contribution in [3.05, 3.63) is 0 Å². The van der Waals surface area contributed by atoms with Crippen LogP contribution in [0, 0.1) is 5.92 Å². The first-order valence-corrected chi connectivity index (χ1v) is 4.77. The van der Waals surface area contributed by atoms with Gasteiger partial charge >= 0.3 is 0 Å². The Morgan fingerprint density at radius 1 is 1.40 bits per heavy atom. The average molecular weight is 216 g/mol. The maximum Gasteiger partial charge on any atom is 0.232 e. The molecule has 0 aliphatic rings. The fourth-order valence-corrected chi connectivity index (χ4v) is 1.00. The molecular weight excluding hydrogens is 196 g/mol. The molecule has 0 rings (SSSR count). The highest BCUT2D eigenvalue weighted by Crippen LogP contribution is 2.00. The summed E-state index contributed by atoms with van der Waals surface area (Å²) in [5.41, 5.74) is 5.35. The molecule has 0 saturated heterocycles. The van der Waals surface area contributed by atoms with Crippen molar-refractivity contribution in [1.29, 1.82) is 0 Å². The summed E-state index contributed by atoms with van der Waals surface area (Å²) in [4.78, 5) is 15.2. The van der Waals surface area contributed by atoms with Gasteiger partial charge in [0.15, 0.2) is 5.84 Å². The molecule has 6 heteroatoms. The Morgan fingerprint density at radius 3 is 2.33 bits per heavy atom. The Kier molecular flexibility index (Phi) is 5.69. The number of hydrogen-bond acceptors (Lipinski definition) is 4. The normalized spacial score (nSPS) is 14.1. The van der Waals surface area contributed by atoms with Crippen LogP contribution in [0.4, 0.5) is 0 Å². The zero-order valence-electron chi connectivity index (χ0n) is 9.77. The fraction of sp³-hybridized carbons (Fsp3) is 0.778. The van der Waals surface area contributed by atoms with Gasteiger partial charge in [0.2, 0.25) is 5.91 Å². The van der Waals surface area contributed by atoms with Crippen molar-refractivity contribution in [2.24, 2.45) is 16.8 Å². The maximum atomic E-state index is 11.7. The highest BCUT2D eigenvalue weighted by Gasteiger charge is 2.20. The first-order valence-electron chi connectivity index (χ1n) is 4.77. The van der Waals surface area contributed by atoms with Gasteiger partial charge in [-0.25, -0.2) is 0 Å². The number of oxime groups is 1. The highest BCUT2D eigenvalue weighted by molar-refractivity contribution is 6.01. The second-order valence-electron chi connectivity index (χ2n) is 3.81. The molecule has 1 atom stereocenters. The molecule has 1 amide bonds. The van der Waals surface area contributed by atoms with Gasteiger partial charge in [0.1, 0.15) is 0 Å². The summed E-state index contributed by atoms with van der Waals surface area (Å²) >= 11 is 0. The second kappa shape index (κ2) is 6.23. The molecule has 15 heavy (non-hydrogen) atoms. The molecule has 3 N–H and O–H groups in total. The van der Waals surface area contributed by atoms with Crippen LogP contribution >= 0.6 is 0 Å². The van der Waals surface area contributed by atoms with E-state index in [2.05, 4.69) is 5.16 Å². The third-order valence-corrected chi connectivity index (χ3v) is 2.19. The summed E-state index contributed by atoms with van der Waals surface area (Å²) in [5.74, 6) is -0.786. The first-order chi connectivity index (χ1) is 6.90. The van der Waals surface area contributed by atoms with Crippen molar-refractivity contribution in [3.63, 3.8) is 0 Å². The minimum atomic E-state index is -0.581. The summed E-state index contributed by atoms with van der Waals surface area (Å²) in [6.07, 6.45) is 0. The Hall–Kier alpha value is -1.30. The zero-order chi connectivity index (χ0) is 12.0. The lowest BCUT2D eigenvalue weighted by molar-refractivity contribution is -0.131. The van der Waals surface area contributed by atoms with E-state index in [1.54, 1.807) is 18.9 Å². The van der Waals surface area contributed by atoms with Crippen LogP contribution in [-0.2, 0) is 4.79 Å². The quantitative estimate of drug-likeness (QED) is 0.278. The molecule has 0 fully saturated rings. The van der Waals surface area contributed by atoms with Crippen LogP contribution in [0.2, 0.25) is 0 Å². The van der Waals surface area contributed by atoms with Crippen molar-refractivity contribution >= 4 is 11.7 Å². The molecule has 1 unspecified atom stereocenters. The summed E-state index contributed by atoms with van der Waals surface area (Å²) in [5, 5.41) is 11.3. The molecule has 0 saturated carbocycles. The van der Waals surface area contributed by atoms with Gasteiger partial charge in [0.25, 0.3) is 0 Å². The molecule has 0 aliphatic heterocycles. The van der Waals surface area contributed by atoms with E-state index in [1.165, 1.54) is 0 Å². The van der Waals surface area contributed by atoms with Gasteiger partial charge in [0, 0.05) is 20.1 Å². The third kappa shape index (κ3) is 4.64. The minimum absolute atomic E-state index is 0.0586.